The van der Waals surface area contributed by atoms with E-state index in [1.807, 2.05) is 0 Å². The summed E-state index contributed by atoms with van der Waals surface area (Å²) in [6.45, 7) is 0. The Hall–Kier alpha value is -2.82. The summed E-state index contributed by atoms with van der Waals surface area (Å²) in [4.78, 5) is 43.0. The van der Waals surface area contributed by atoms with Crippen molar-refractivity contribution < 1.29 is 27.7 Å². The van der Waals surface area contributed by atoms with Gasteiger partial charge in [-0.15, -0.1) is 4.99 Å². The summed E-state index contributed by atoms with van der Waals surface area (Å²) in [6.07, 6.45) is 0. The van der Waals surface area contributed by atoms with Gasteiger partial charge in [-0.1, -0.05) is 0 Å². The Morgan fingerprint density at radius 1 is 1.26 bits per heavy atom. The van der Waals surface area contributed by atoms with E-state index in [-0.39, 0.29) is 11.4 Å². The number of amides is 4. The van der Waals surface area contributed by atoms with Crippen molar-refractivity contribution in [2.24, 2.45) is 4.99 Å². The molecule has 0 radical (unpaired) electrons. The lowest BCUT2D eigenvalue weighted by Crippen LogP contribution is -2.59. The molecule has 0 aliphatic carbocycles. The van der Waals surface area contributed by atoms with Crippen LogP contribution < -0.4 is 5.32 Å². The number of rotatable bonds is 3. The van der Waals surface area contributed by atoms with E-state index in [9.17, 15) is 23.2 Å². The van der Waals surface area contributed by atoms with Crippen LogP contribution in [-0.4, -0.2) is 76.2 Å². The fourth-order valence-electron chi connectivity index (χ4n) is 2.75. The first-order valence-electron chi connectivity index (χ1n) is 7.82. The van der Waals surface area contributed by atoms with E-state index in [0.717, 1.165) is 28.8 Å². The highest BCUT2D eigenvalue weighted by Crippen LogP contribution is 2.22. The molecule has 1 atom stereocenters. The number of fused-ring (bicyclic) bond motifs is 1. The lowest BCUT2D eigenvalue weighted by molar-refractivity contribution is -0.367. The summed E-state index contributed by atoms with van der Waals surface area (Å²) in [6, 6.07) is 1.76. The molecular formula is C16H16F2N5O3S+. The number of thioether (sulfide) groups is 1. The third-order valence-corrected chi connectivity index (χ3v) is 5.18. The Labute approximate surface area is 157 Å². The molecule has 0 saturated carbocycles. The zero-order valence-electron chi connectivity index (χ0n) is 14.7. The van der Waals surface area contributed by atoms with Gasteiger partial charge in [0.05, 0.1) is 19.8 Å². The molecule has 0 spiro atoms. The van der Waals surface area contributed by atoms with Crippen molar-refractivity contribution >= 4 is 46.3 Å². The molecule has 1 aromatic carbocycles. The minimum Gasteiger partial charge on any atom is -0.325 e. The predicted octanol–water partition coefficient (Wildman–Crippen LogP) is 0.939. The predicted molar refractivity (Wildman–Crippen MR) is 95.8 cm³/mol. The van der Waals surface area contributed by atoms with E-state index < -0.39 is 35.5 Å². The number of benzene rings is 1. The average Bonchev–Trinajstić information content (AvgIpc) is 2.96. The number of aliphatic imine (C=N–C) groups is 1. The standard InChI is InChI=1S/C16H15F2N5O3S/c1-21-13-12(14(25)23(3)16(26)22(13)2)20-15(21)27-7-11(24)19-8-4-5-9(17)10(18)6-8/h4-6,12H,7H2,1-3H3/p+1. The number of urea groups is 1. The minimum atomic E-state index is -1.06. The Bertz CT molecular complexity index is 917. The summed E-state index contributed by atoms with van der Waals surface area (Å²) in [5.41, 5.74) is 0.131. The van der Waals surface area contributed by atoms with E-state index in [1.54, 1.807) is 18.7 Å². The van der Waals surface area contributed by atoms with Gasteiger partial charge < -0.3 is 5.32 Å². The van der Waals surface area contributed by atoms with Gasteiger partial charge in [0.1, 0.15) is 0 Å². The number of carbonyl (C=O) groups excluding carboxylic acids is 3. The van der Waals surface area contributed by atoms with Crippen LogP contribution in [0.5, 0.6) is 0 Å². The van der Waals surface area contributed by atoms with Gasteiger partial charge in [-0.05, 0) is 23.9 Å². The molecule has 1 unspecified atom stereocenters. The van der Waals surface area contributed by atoms with Gasteiger partial charge in [-0.2, -0.15) is 0 Å². The van der Waals surface area contributed by atoms with Crippen molar-refractivity contribution in [1.29, 1.82) is 0 Å². The number of hydrogen-bond acceptors (Lipinski definition) is 5. The molecule has 8 nitrogen and oxygen atoms in total. The van der Waals surface area contributed by atoms with Crippen LogP contribution in [0.4, 0.5) is 19.3 Å². The summed E-state index contributed by atoms with van der Waals surface area (Å²) in [5.74, 6) is -2.60. The average molecular weight is 396 g/mol. The minimum absolute atomic E-state index is 0.0656. The fraction of sp³-hybridized carbons (Fsp3) is 0.312. The highest BCUT2D eigenvalue weighted by molar-refractivity contribution is 8.14. The number of imide groups is 1. The first-order valence-corrected chi connectivity index (χ1v) is 8.80. The smallest absolute Gasteiger partial charge is 0.325 e. The van der Waals surface area contributed by atoms with Gasteiger partial charge in [-0.3, -0.25) is 14.5 Å². The van der Waals surface area contributed by atoms with E-state index in [0.29, 0.717) is 11.0 Å². The molecular weight excluding hydrogens is 380 g/mol. The molecule has 2 aliphatic heterocycles. The lowest BCUT2D eigenvalue weighted by Gasteiger charge is -2.27. The number of carbonyl (C=O) groups is 3. The number of halogens is 2. The Morgan fingerprint density at radius 2 is 1.96 bits per heavy atom. The molecule has 2 heterocycles. The molecule has 1 aromatic rings. The zero-order valence-corrected chi connectivity index (χ0v) is 15.5. The summed E-state index contributed by atoms with van der Waals surface area (Å²) in [5, 5.41) is 2.86. The topological polar surface area (TPSA) is 85.1 Å². The van der Waals surface area contributed by atoms with Gasteiger partial charge in [0.25, 0.3) is 23.0 Å². The fourth-order valence-corrected chi connectivity index (χ4v) is 3.55. The van der Waals surface area contributed by atoms with Crippen LogP contribution in [0.3, 0.4) is 0 Å². The molecule has 27 heavy (non-hydrogen) atoms. The van der Waals surface area contributed by atoms with Crippen molar-refractivity contribution in [2.45, 2.75) is 6.04 Å². The molecule has 2 aliphatic rings. The van der Waals surface area contributed by atoms with Crippen LogP contribution in [0.15, 0.2) is 23.2 Å². The summed E-state index contributed by atoms with van der Waals surface area (Å²) in [7, 11) is 4.58. The summed E-state index contributed by atoms with van der Waals surface area (Å²) < 4.78 is 27.7. The van der Waals surface area contributed by atoms with Gasteiger partial charge in [0, 0.05) is 18.8 Å². The normalized spacial score (nSPS) is 19.4. The van der Waals surface area contributed by atoms with E-state index in [1.165, 1.54) is 18.0 Å². The quantitative estimate of drug-likeness (QED) is 0.771. The van der Waals surface area contributed by atoms with Gasteiger partial charge in [0.15, 0.2) is 11.6 Å². The lowest BCUT2D eigenvalue weighted by atomic mass is 10.2. The zero-order chi connectivity index (χ0) is 19.9. The van der Waals surface area contributed by atoms with Crippen molar-refractivity contribution in [1.82, 2.24) is 9.80 Å². The number of anilines is 1. The third-order valence-electron chi connectivity index (χ3n) is 4.13. The molecule has 1 N–H and O–H groups in total. The van der Waals surface area contributed by atoms with Gasteiger partial charge >= 0.3 is 6.03 Å². The van der Waals surface area contributed by atoms with E-state index >= 15 is 0 Å². The van der Waals surface area contributed by atoms with E-state index in [2.05, 4.69) is 10.3 Å². The summed E-state index contributed by atoms with van der Waals surface area (Å²) >= 11 is 1.07. The van der Waals surface area contributed by atoms with E-state index in [4.69, 9.17) is 0 Å². The van der Waals surface area contributed by atoms with Crippen LogP contribution in [0, 0.1) is 11.6 Å². The maximum Gasteiger partial charge on any atom is 0.388 e. The molecule has 0 aromatic heterocycles. The monoisotopic (exact) mass is 396 g/mol. The Kier molecular flexibility index (Phi) is 4.96. The highest BCUT2D eigenvalue weighted by atomic mass is 32.2. The van der Waals surface area contributed by atoms with Crippen LogP contribution in [0.1, 0.15) is 0 Å². The molecule has 3 rings (SSSR count). The molecule has 0 bridgehead atoms. The Balaban J connectivity index is 1.68. The van der Waals surface area contributed by atoms with Crippen molar-refractivity contribution in [3.8, 4) is 0 Å². The number of hydrogen-bond donors (Lipinski definition) is 1. The van der Waals surface area contributed by atoms with Crippen LogP contribution >= 0.6 is 11.8 Å². The molecule has 142 valence electrons. The molecule has 11 heteroatoms. The van der Waals surface area contributed by atoms with Crippen molar-refractivity contribution in [2.75, 3.05) is 32.2 Å². The number of nitrogens with zero attached hydrogens (tertiary/aromatic N) is 4. The SMILES string of the molecule is CN1C(=O)C2N=C(SCC(=O)Nc3ccc(F)c(F)c3)[N+](C)=C2N(C)C1=O. The Morgan fingerprint density at radius 3 is 2.63 bits per heavy atom. The first kappa shape index (κ1) is 19.0. The number of likely N-dealkylation sites (N-methyl/N-ethyl adjacent to an activating group) is 2. The maximum atomic E-state index is 13.2. The first-order chi connectivity index (χ1) is 12.7. The second kappa shape index (κ2) is 7.06. The number of nitrogens with one attached hydrogen (secondary N) is 1. The molecule has 1 saturated heterocycles. The number of amidine groups is 2. The molecule has 4 amide bonds. The van der Waals surface area contributed by atoms with Crippen molar-refractivity contribution in [3.05, 3.63) is 29.8 Å². The van der Waals surface area contributed by atoms with Crippen LogP contribution in [-0.2, 0) is 9.59 Å². The van der Waals surface area contributed by atoms with Gasteiger partial charge in [-0.25, -0.2) is 23.1 Å². The van der Waals surface area contributed by atoms with Crippen LogP contribution in [0.25, 0.3) is 0 Å². The second-order valence-electron chi connectivity index (χ2n) is 5.94. The highest BCUT2D eigenvalue weighted by Gasteiger charge is 2.51. The second-order valence-corrected chi connectivity index (χ2v) is 6.88. The van der Waals surface area contributed by atoms with Crippen LogP contribution in [0.2, 0.25) is 0 Å². The molecule has 1 fully saturated rings. The maximum absolute atomic E-state index is 13.2. The largest absolute Gasteiger partial charge is 0.388 e. The third kappa shape index (κ3) is 3.42. The van der Waals surface area contributed by atoms with Crippen molar-refractivity contribution in [3.63, 3.8) is 0 Å². The van der Waals surface area contributed by atoms with Gasteiger partial charge in [0.2, 0.25) is 5.91 Å².